The van der Waals surface area contributed by atoms with E-state index in [1.165, 1.54) is 7.11 Å². The molecule has 220 valence electrons. The minimum Gasteiger partial charge on any atom is -0.481 e. The molecule has 0 amide bonds. The van der Waals surface area contributed by atoms with Crippen molar-refractivity contribution in [2.45, 2.75) is 38.7 Å². The quantitative estimate of drug-likeness (QED) is 0.197. The molecule has 0 aliphatic rings. The number of fused-ring (bicyclic) bond motifs is 1. The Kier molecular flexibility index (Phi) is 9.61. The number of rotatable bonds is 12. The predicted molar refractivity (Wildman–Crippen MR) is 161 cm³/mol. The van der Waals surface area contributed by atoms with Gasteiger partial charge in [-0.1, -0.05) is 24.3 Å². The molecule has 1 N–H and O–H groups in total. The molecule has 8 nitrogen and oxygen atoms in total. The first-order valence-electron chi connectivity index (χ1n) is 13.9. The fraction of sp³-hybridized carbons (Fsp3) is 0.364. The molecule has 0 spiro atoms. The van der Waals surface area contributed by atoms with Crippen LogP contribution in [0.4, 0.5) is 10.1 Å². The number of hydrogen-bond donors (Lipinski definition) is 1. The van der Waals surface area contributed by atoms with Gasteiger partial charge in [-0.15, -0.1) is 0 Å². The van der Waals surface area contributed by atoms with Crippen molar-refractivity contribution in [1.82, 2.24) is 14.9 Å². The maximum atomic E-state index is 16.2. The number of pyridine rings is 2. The van der Waals surface area contributed by atoms with Gasteiger partial charge in [-0.2, -0.15) is 4.98 Å². The van der Waals surface area contributed by atoms with E-state index in [0.29, 0.717) is 53.0 Å². The minimum atomic E-state index is -1.71. The average molecular weight is 573 g/mol. The van der Waals surface area contributed by atoms with Crippen LogP contribution in [0.1, 0.15) is 48.4 Å². The van der Waals surface area contributed by atoms with Gasteiger partial charge in [-0.25, -0.2) is 14.2 Å². The number of nitrogens with zero attached hydrogens (tertiary/aromatic N) is 4. The van der Waals surface area contributed by atoms with Crippen LogP contribution in [0.15, 0.2) is 54.6 Å². The lowest BCUT2D eigenvalue weighted by Crippen LogP contribution is -2.38. The molecule has 0 aliphatic carbocycles. The molecule has 0 aliphatic heterocycles. The van der Waals surface area contributed by atoms with Crippen molar-refractivity contribution in [3.05, 3.63) is 94.1 Å². The summed E-state index contributed by atoms with van der Waals surface area (Å²) in [4.78, 5) is 14.7. The van der Waals surface area contributed by atoms with Gasteiger partial charge >= 0.3 is 0 Å². The van der Waals surface area contributed by atoms with Gasteiger partial charge in [-0.05, 0) is 81.6 Å². The molecule has 9 heteroatoms. The summed E-state index contributed by atoms with van der Waals surface area (Å²) in [6.07, 6.45) is 0.211. The van der Waals surface area contributed by atoms with Crippen LogP contribution >= 0.6 is 0 Å². The highest BCUT2D eigenvalue weighted by molar-refractivity contribution is 5.84. The third kappa shape index (κ3) is 6.30. The van der Waals surface area contributed by atoms with Crippen molar-refractivity contribution in [2.75, 3.05) is 41.0 Å². The lowest BCUT2D eigenvalue weighted by Gasteiger charge is -2.39. The molecular weight excluding hydrogens is 535 g/mol. The second-order valence-corrected chi connectivity index (χ2v) is 10.4. The number of hydrogen-bond acceptors (Lipinski definition) is 7. The van der Waals surface area contributed by atoms with E-state index in [2.05, 4.69) is 9.83 Å². The summed E-state index contributed by atoms with van der Waals surface area (Å²) in [5.74, 6) is -0.596. The van der Waals surface area contributed by atoms with Crippen molar-refractivity contribution >= 4 is 16.6 Å². The Hall–Kier alpha value is -4.26. The Balaban J connectivity index is 2.11. The predicted octanol–water partition coefficient (Wildman–Crippen LogP) is 6.41. The first-order chi connectivity index (χ1) is 20.1. The van der Waals surface area contributed by atoms with Crippen LogP contribution in [-0.2, 0) is 5.60 Å². The van der Waals surface area contributed by atoms with Gasteiger partial charge in [0.25, 0.3) is 0 Å². The highest BCUT2D eigenvalue weighted by Crippen LogP contribution is 2.49. The van der Waals surface area contributed by atoms with Crippen LogP contribution in [0.25, 0.3) is 15.7 Å². The third-order valence-corrected chi connectivity index (χ3v) is 7.24. The summed E-state index contributed by atoms with van der Waals surface area (Å²) in [6, 6.07) is 15.5. The van der Waals surface area contributed by atoms with Gasteiger partial charge in [0.05, 0.1) is 38.3 Å². The smallest absolute Gasteiger partial charge is 0.217 e. The molecule has 0 fully saturated rings. The van der Waals surface area contributed by atoms with Crippen LogP contribution in [0.5, 0.6) is 17.6 Å². The molecule has 0 saturated heterocycles. The zero-order chi connectivity index (χ0) is 30.4. The molecule has 2 unspecified atom stereocenters. The minimum absolute atomic E-state index is 0.211. The van der Waals surface area contributed by atoms with E-state index in [-0.39, 0.29) is 29.6 Å². The van der Waals surface area contributed by atoms with E-state index in [4.69, 9.17) is 25.8 Å². The highest BCUT2D eigenvalue weighted by Gasteiger charge is 2.44. The molecular formula is C33H37FN4O4. The lowest BCUT2D eigenvalue weighted by atomic mass is 9.71. The second-order valence-electron chi connectivity index (χ2n) is 10.4. The van der Waals surface area contributed by atoms with Gasteiger partial charge in [0.1, 0.15) is 11.4 Å². The van der Waals surface area contributed by atoms with Gasteiger partial charge in [0, 0.05) is 24.2 Å². The molecule has 4 rings (SSSR count). The maximum Gasteiger partial charge on any atom is 0.217 e. The van der Waals surface area contributed by atoms with E-state index in [1.807, 2.05) is 38.9 Å². The number of benzene rings is 2. The zero-order valence-electron chi connectivity index (χ0n) is 24.9. The molecule has 0 bridgehead atoms. The summed E-state index contributed by atoms with van der Waals surface area (Å²) in [5, 5.41) is 13.7. The molecule has 4 aromatic rings. The highest BCUT2D eigenvalue weighted by atomic mass is 19.1. The number of aromatic nitrogens is 2. The fourth-order valence-electron chi connectivity index (χ4n) is 5.20. The molecule has 0 saturated carbocycles. The van der Waals surface area contributed by atoms with E-state index in [1.54, 1.807) is 55.5 Å². The van der Waals surface area contributed by atoms with Crippen molar-refractivity contribution < 1.29 is 23.7 Å². The number of aliphatic hydroxyl groups is 1. The van der Waals surface area contributed by atoms with E-state index in [0.717, 1.165) is 0 Å². The first-order valence-corrected chi connectivity index (χ1v) is 13.9. The van der Waals surface area contributed by atoms with E-state index >= 15 is 4.39 Å². The second kappa shape index (κ2) is 13.1. The molecule has 0 radical (unpaired) electrons. The third-order valence-electron chi connectivity index (χ3n) is 7.24. The summed E-state index contributed by atoms with van der Waals surface area (Å²) >= 11 is 0. The molecule has 2 aromatic carbocycles. The Labute approximate surface area is 246 Å². The van der Waals surface area contributed by atoms with Crippen molar-refractivity contribution in [3.63, 3.8) is 0 Å². The number of ether oxygens (including phenoxy) is 3. The molecule has 2 heterocycles. The van der Waals surface area contributed by atoms with Crippen LogP contribution < -0.4 is 14.2 Å². The fourth-order valence-corrected chi connectivity index (χ4v) is 5.20. The SMILES string of the molecule is [C-]#[N+]c1ccc2nc(OC)c(C(c3cccc(C)c3F)C(O)(CCN(C)C)c3cc(OCC)nc(OCC)c3)cc2c1. The van der Waals surface area contributed by atoms with Gasteiger partial charge < -0.3 is 24.2 Å². The molecule has 2 atom stereocenters. The van der Waals surface area contributed by atoms with Crippen molar-refractivity contribution in [1.29, 1.82) is 0 Å². The van der Waals surface area contributed by atoms with Gasteiger partial charge in [0.15, 0.2) is 5.69 Å². The normalized spacial score (nSPS) is 13.4. The van der Waals surface area contributed by atoms with Crippen molar-refractivity contribution in [2.24, 2.45) is 0 Å². The Morgan fingerprint density at radius 3 is 2.29 bits per heavy atom. The van der Waals surface area contributed by atoms with Crippen LogP contribution in [0.2, 0.25) is 0 Å². The van der Waals surface area contributed by atoms with E-state index < -0.39 is 17.3 Å². The van der Waals surface area contributed by atoms with Crippen LogP contribution in [0.3, 0.4) is 0 Å². The summed E-state index contributed by atoms with van der Waals surface area (Å²) < 4.78 is 33.5. The molecule has 2 aromatic heterocycles. The Morgan fingerprint density at radius 1 is 1.00 bits per heavy atom. The summed E-state index contributed by atoms with van der Waals surface area (Å²) in [5.41, 5.74) is 1.00. The maximum absolute atomic E-state index is 16.2. The standard InChI is InChI=1S/C33H37FN4O4/c1-8-41-28-19-23(20-29(37-28)42-9-2)33(39,15-16-38(5)6)30(25-12-10-11-21(3)31(25)34)26-18-22-17-24(35-4)13-14-27(22)36-32(26)40-7/h10-14,17-20,30,39H,8-9,15-16H2,1-3,5-7H3. The van der Waals surface area contributed by atoms with Crippen LogP contribution in [-0.4, -0.2) is 60.9 Å². The van der Waals surface area contributed by atoms with E-state index in [9.17, 15) is 5.11 Å². The molecule has 42 heavy (non-hydrogen) atoms. The zero-order valence-corrected chi connectivity index (χ0v) is 24.9. The van der Waals surface area contributed by atoms with Gasteiger partial charge in [0.2, 0.25) is 17.6 Å². The summed E-state index contributed by atoms with van der Waals surface area (Å²) in [6.45, 7) is 14.1. The summed E-state index contributed by atoms with van der Waals surface area (Å²) in [7, 11) is 5.33. The van der Waals surface area contributed by atoms with Gasteiger partial charge in [-0.3, -0.25) is 0 Å². The van der Waals surface area contributed by atoms with Crippen LogP contribution in [0, 0.1) is 19.3 Å². The van der Waals surface area contributed by atoms with Crippen molar-refractivity contribution in [3.8, 4) is 17.6 Å². The first kappa shape index (κ1) is 30.7. The average Bonchev–Trinajstić information content (AvgIpc) is 2.98. The monoisotopic (exact) mass is 572 g/mol. The topological polar surface area (TPSA) is 81.3 Å². The number of methoxy groups -OCH3 is 1. The largest absolute Gasteiger partial charge is 0.481 e. The lowest BCUT2D eigenvalue weighted by molar-refractivity contribution is 0.00230. The Bertz CT molecular complexity index is 1580. The number of aryl methyl sites for hydroxylation is 1. The Morgan fingerprint density at radius 2 is 1.69 bits per heavy atom. The number of halogens is 1.